The second-order valence-electron chi connectivity index (χ2n) is 7.70. The molecule has 7 heteroatoms. The number of benzene rings is 4. The summed E-state index contributed by atoms with van der Waals surface area (Å²) in [7, 11) is 0. The Labute approximate surface area is 201 Å². The fourth-order valence-corrected chi connectivity index (χ4v) is 4.39. The molecule has 6 nitrogen and oxygen atoms in total. The van der Waals surface area contributed by atoms with Gasteiger partial charge in [0.25, 0.3) is 5.91 Å². The van der Waals surface area contributed by atoms with Crippen LogP contribution in [-0.2, 0) is 4.79 Å². The van der Waals surface area contributed by atoms with Crippen molar-refractivity contribution in [3.63, 3.8) is 0 Å². The molecule has 4 aromatic rings. The first-order valence-corrected chi connectivity index (χ1v) is 11.5. The average molecular weight is 471 g/mol. The number of aryl methyl sites for hydroxylation is 1. The number of aromatic carboxylic acids is 1. The minimum atomic E-state index is -1.09. The molecule has 0 unspecified atom stereocenters. The summed E-state index contributed by atoms with van der Waals surface area (Å²) in [6, 6.07) is 24.8. The third kappa shape index (κ3) is 5.44. The lowest BCUT2D eigenvalue weighted by Gasteiger charge is -2.11. The number of carboxylic acids is 1. The van der Waals surface area contributed by atoms with Gasteiger partial charge >= 0.3 is 5.97 Å². The zero-order valence-electron chi connectivity index (χ0n) is 18.4. The van der Waals surface area contributed by atoms with E-state index in [4.69, 9.17) is 0 Å². The molecule has 0 atom stereocenters. The maximum absolute atomic E-state index is 13.0. The standard InChI is InChI=1S/C27H22N2O4S/c1-17-6-2-9-19(14-17)28-24(30)16-34-21-11-5-10-20(15-21)29-26(31)22-12-3-7-18-8-4-13-23(25(18)22)27(32)33/h2-15H,16H2,1H3,(H,28,30)(H,29,31)(H,32,33). The Kier molecular flexibility index (Phi) is 6.94. The van der Waals surface area contributed by atoms with Crippen LogP contribution in [0.5, 0.6) is 0 Å². The van der Waals surface area contributed by atoms with Crippen molar-refractivity contribution < 1.29 is 19.5 Å². The van der Waals surface area contributed by atoms with Crippen LogP contribution in [0.4, 0.5) is 11.4 Å². The number of rotatable bonds is 7. The van der Waals surface area contributed by atoms with Gasteiger partial charge < -0.3 is 15.7 Å². The zero-order chi connectivity index (χ0) is 24.1. The van der Waals surface area contributed by atoms with Gasteiger partial charge in [-0.2, -0.15) is 0 Å². The summed E-state index contributed by atoms with van der Waals surface area (Å²) in [4.78, 5) is 37.8. The molecule has 4 rings (SSSR count). The van der Waals surface area contributed by atoms with E-state index in [2.05, 4.69) is 10.6 Å². The third-order valence-corrected chi connectivity index (χ3v) is 6.14. The Morgan fingerprint density at radius 2 is 1.44 bits per heavy atom. The Hall–Kier alpha value is -4.10. The van der Waals surface area contributed by atoms with E-state index in [0.717, 1.165) is 16.1 Å². The van der Waals surface area contributed by atoms with Crippen molar-refractivity contribution in [3.8, 4) is 0 Å². The van der Waals surface area contributed by atoms with Gasteiger partial charge in [0.1, 0.15) is 0 Å². The predicted octanol–water partition coefficient (Wildman–Crippen LogP) is 5.83. The molecule has 0 aliphatic rings. The van der Waals surface area contributed by atoms with E-state index in [1.165, 1.54) is 17.8 Å². The minimum absolute atomic E-state index is 0.0761. The van der Waals surface area contributed by atoms with Gasteiger partial charge in [-0.3, -0.25) is 9.59 Å². The summed E-state index contributed by atoms with van der Waals surface area (Å²) in [5, 5.41) is 16.4. The van der Waals surface area contributed by atoms with Crippen LogP contribution in [0.1, 0.15) is 26.3 Å². The molecule has 0 spiro atoms. The Morgan fingerprint density at radius 3 is 2.15 bits per heavy atom. The van der Waals surface area contributed by atoms with Crippen LogP contribution in [0.25, 0.3) is 10.8 Å². The van der Waals surface area contributed by atoms with E-state index in [1.807, 2.05) is 37.3 Å². The Balaban J connectivity index is 1.46. The maximum Gasteiger partial charge on any atom is 0.336 e. The molecule has 0 heterocycles. The molecule has 4 aromatic carbocycles. The topological polar surface area (TPSA) is 95.5 Å². The molecule has 0 radical (unpaired) electrons. The molecule has 0 saturated heterocycles. The average Bonchev–Trinajstić information content (AvgIpc) is 2.82. The largest absolute Gasteiger partial charge is 0.478 e. The fourth-order valence-electron chi connectivity index (χ4n) is 3.64. The first-order valence-electron chi connectivity index (χ1n) is 10.6. The van der Waals surface area contributed by atoms with Crippen LogP contribution in [0, 0.1) is 6.92 Å². The van der Waals surface area contributed by atoms with Crippen molar-refractivity contribution >= 4 is 51.7 Å². The lowest BCUT2D eigenvalue weighted by atomic mass is 9.98. The van der Waals surface area contributed by atoms with Crippen LogP contribution in [0.2, 0.25) is 0 Å². The van der Waals surface area contributed by atoms with E-state index in [0.29, 0.717) is 16.5 Å². The molecule has 0 saturated carbocycles. The summed E-state index contributed by atoms with van der Waals surface area (Å²) in [5.41, 5.74) is 2.73. The van der Waals surface area contributed by atoms with Gasteiger partial charge in [-0.05, 0) is 60.3 Å². The van der Waals surface area contributed by atoms with Crippen molar-refractivity contribution in [1.82, 2.24) is 0 Å². The minimum Gasteiger partial charge on any atom is -0.478 e. The number of carboxylic acid groups (broad SMARTS) is 1. The lowest BCUT2D eigenvalue weighted by molar-refractivity contribution is -0.113. The summed E-state index contributed by atoms with van der Waals surface area (Å²) in [6.07, 6.45) is 0. The maximum atomic E-state index is 13.0. The molecular weight excluding hydrogens is 448 g/mol. The van der Waals surface area contributed by atoms with Crippen molar-refractivity contribution in [2.45, 2.75) is 11.8 Å². The van der Waals surface area contributed by atoms with Gasteiger partial charge in [0.2, 0.25) is 5.91 Å². The SMILES string of the molecule is Cc1cccc(NC(=O)CSc2cccc(NC(=O)c3cccc4cccc(C(=O)O)c34)c2)c1. The van der Waals surface area contributed by atoms with Crippen LogP contribution in [0.15, 0.2) is 89.8 Å². The summed E-state index contributed by atoms with van der Waals surface area (Å²) >= 11 is 1.36. The molecule has 2 amide bonds. The van der Waals surface area contributed by atoms with Gasteiger partial charge in [0, 0.05) is 27.2 Å². The van der Waals surface area contributed by atoms with Crippen molar-refractivity contribution in [3.05, 3.63) is 102 Å². The Bertz CT molecular complexity index is 1400. The number of thioether (sulfide) groups is 1. The quantitative estimate of drug-likeness (QED) is 0.295. The number of nitrogens with one attached hydrogen (secondary N) is 2. The first kappa shape index (κ1) is 23.1. The van der Waals surface area contributed by atoms with Crippen LogP contribution < -0.4 is 10.6 Å². The predicted molar refractivity (Wildman–Crippen MR) is 136 cm³/mol. The highest BCUT2D eigenvalue weighted by molar-refractivity contribution is 8.00. The number of carbonyl (C=O) groups is 3. The summed E-state index contributed by atoms with van der Waals surface area (Å²) < 4.78 is 0. The van der Waals surface area contributed by atoms with Crippen molar-refractivity contribution in [2.24, 2.45) is 0 Å². The normalized spacial score (nSPS) is 10.6. The van der Waals surface area contributed by atoms with Gasteiger partial charge in [-0.25, -0.2) is 4.79 Å². The number of carbonyl (C=O) groups excluding carboxylic acids is 2. The molecule has 0 bridgehead atoms. The molecule has 0 aromatic heterocycles. The molecule has 0 aliphatic heterocycles. The van der Waals surface area contributed by atoms with Crippen LogP contribution in [0.3, 0.4) is 0 Å². The van der Waals surface area contributed by atoms with E-state index < -0.39 is 11.9 Å². The third-order valence-electron chi connectivity index (χ3n) is 5.14. The number of hydrogen-bond donors (Lipinski definition) is 3. The molecular formula is C27H22N2O4S. The number of anilines is 2. The zero-order valence-corrected chi connectivity index (χ0v) is 19.2. The molecule has 34 heavy (non-hydrogen) atoms. The van der Waals surface area contributed by atoms with Crippen LogP contribution >= 0.6 is 11.8 Å². The van der Waals surface area contributed by atoms with E-state index in [1.54, 1.807) is 48.5 Å². The van der Waals surface area contributed by atoms with Gasteiger partial charge in [0.05, 0.1) is 11.3 Å². The monoisotopic (exact) mass is 470 g/mol. The molecule has 170 valence electrons. The molecule has 0 aliphatic carbocycles. The smallest absolute Gasteiger partial charge is 0.336 e. The van der Waals surface area contributed by atoms with Crippen molar-refractivity contribution in [1.29, 1.82) is 0 Å². The van der Waals surface area contributed by atoms with Gasteiger partial charge in [0.15, 0.2) is 0 Å². The van der Waals surface area contributed by atoms with E-state index in [-0.39, 0.29) is 22.8 Å². The van der Waals surface area contributed by atoms with Gasteiger partial charge in [-0.1, -0.05) is 42.5 Å². The summed E-state index contributed by atoms with van der Waals surface area (Å²) in [5.74, 6) is -1.40. The van der Waals surface area contributed by atoms with Crippen molar-refractivity contribution in [2.75, 3.05) is 16.4 Å². The lowest BCUT2D eigenvalue weighted by Crippen LogP contribution is -2.14. The second-order valence-corrected chi connectivity index (χ2v) is 8.75. The molecule has 0 fully saturated rings. The van der Waals surface area contributed by atoms with E-state index >= 15 is 0 Å². The highest BCUT2D eigenvalue weighted by Crippen LogP contribution is 2.26. The highest BCUT2D eigenvalue weighted by atomic mass is 32.2. The second kappa shape index (κ2) is 10.2. The molecule has 3 N–H and O–H groups in total. The van der Waals surface area contributed by atoms with Gasteiger partial charge in [-0.15, -0.1) is 11.8 Å². The first-order chi connectivity index (χ1) is 16.4. The highest BCUT2D eigenvalue weighted by Gasteiger charge is 2.17. The number of fused-ring (bicyclic) bond motifs is 1. The Morgan fingerprint density at radius 1 is 0.794 bits per heavy atom. The number of amides is 2. The fraction of sp³-hybridized carbons (Fsp3) is 0.0741. The number of hydrogen-bond acceptors (Lipinski definition) is 4. The van der Waals surface area contributed by atoms with E-state index in [9.17, 15) is 19.5 Å². The summed E-state index contributed by atoms with van der Waals surface area (Å²) in [6.45, 7) is 1.96. The van der Waals surface area contributed by atoms with Crippen LogP contribution in [-0.4, -0.2) is 28.6 Å².